The van der Waals surface area contributed by atoms with Crippen LogP contribution in [0, 0.1) is 6.92 Å². The molecule has 0 spiro atoms. The van der Waals surface area contributed by atoms with E-state index < -0.39 is 5.63 Å². The molecule has 0 amide bonds. The number of fused-ring (bicyclic) bond motifs is 1. The second kappa shape index (κ2) is 3.81. The summed E-state index contributed by atoms with van der Waals surface area (Å²) in [5.41, 5.74) is 1.64. The third-order valence-corrected chi connectivity index (χ3v) is 2.11. The third-order valence-electron chi connectivity index (χ3n) is 2.11. The van der Waals surface area contributed by atoms with E-state index in [9.17, 15) is 4.79 Å². The molecule has 0 atom stereocenters. The molecule has 2 aromatic rings. The Hall–Kier alpha value is -2.10. The number of aryl methyl sites for hydroxylation is 1. The van der Waals surface area contributed by atoms with E-state index >= 15 is 0 Å². The highest BCUT2D eigenvalue weighted by Gasteiger charge is 2.05. The average Bonchev–Trinajstić information content (AvgIpc) is 2.19. The zero-order chi connectivity index (χ0) is 11.7. The van der Waals surface area contributed by atoms with Gasteiger partial charge in [-0.2, -0.15) is 0 Å². The minimum atomic E-state index is -0.551. The van der Waals surface area contributed by atoms with Crippen molar-refractivity contribution in [2.75, 3.05) is 0 Å². The Labute approximate surface area is 91.9 Å². The van der Waals surface area contributed by atoms with Crippen LogP contribution < -0.4 is 5.63 Å². The molecule has 2 rings (SSSR count). The fourth-order valence-corrected chi connectivity index (χ4v) is 1.42. The molecule has 0 saturated carbocycles. The Balaban J connectivity index is 2.74. The van der Waals surface area contributed by atoms with Gasteiger partial charge in [0, 0.05) is 6.08 Å². The minimum absolute atomic E-state index is 0.0202. The number of hydrogen-bond acceptors (Lipinski definition) is 4. The van der Waals surface area contributed by atoms with Crippen molar-refractivity contribution in [3.05, 3.63) is 45.6 Å². The van der Waals surface area contributed by atoms with E-state index in [0.717, 1.165) is 5.56 Å². The quantitative estimate of drug-likeness (QED) is 0.745. The number of allylic oxidation sites excluding steroid dienone is 1. The molecule has 0 saturated heterocycles. The lowest BCUT2D eigenvalue weighted by atomic mass is 10.2. The van der Waals surface area contributed by atoms with Crippen molar-refractivity contribution >= 4 is 17.2 Å². The van der Waals surface area contributed by atoms with Crippen LogP contribution in [0.1, 0.15) is 18.2 Å². The Morgan fingerprint density at radius 3 is 2.94 bits per heavy atom. The molecule has 1 heterocycles. The van der Waals surface area contributed by atoms with Crippen molar-refractivity contribution in [2.45, 2.75) is 13.8 Å². The lowest BCUT2D eigenvalue weighted by molar-refractivity contribution is 0.419. The molecule has 0 aliphatic heterocycles. The van der Waals surface area contributed by atoms with E-state index in [1.165, 1.54) is 13.0 Å². The molecule has 0 aliphatic rings. The van der Waals surface area contributed by atoms with Crippen LogP contribution in [0.3, 0.4) is 0 Å². The number of benzene rings is 1. The van der Waals surface area contributed by atoms with Gasteiger partial charge in [0.05, 0.1) is 5.76 Å². The lowest BCUT2D eigenvalue weighted by Gasteiger charge is -1.99. The van der Waals surface area contributed by atoms with Crippen LogP contribution in [-0.2, 0) is 0 Å². The standard InChI is InChI=1S/C12H11NO3/c1-7-3-4-11-9(5-7)13-10(6-8(2)14)12(15)16-11/h3-6,14H,1-2H3/b8-6+. The van der Waals surface area contributed by atoms with Gasteiger partial charge in [-0.25, -0.2) is 9.78 Å². The summed E-state index contributed by atoms with van der Waals surface area (Å²) in [5, 5.41) is 9.10. The van der Waals surface area contributed by atoms with Gasteiger partial charge in [-0.1, -0.05) is 6.07 Å². The number of aromatic nitrogens is 1. The van der Waals surface area contributed by atoms with E-state index in [2.05, 4.69) is 4.98 Å². The SMILES string of the molecule is C/C(O)=C\c1nc2cc(C)ccc2oc1=O. The first-order chi connectivity index (χ1) is 7.56. The van der Waals surface area contributed by atoms with Crippen LogP contribution in [0.5, 0.6) is 0 Å². The number of rotatable bonds is 1. The Kier molecular flexibility index (Phi) is 2.48. The van der Waals surface area contributed by atoms with Gasteiger partial charge in [0.1, 0.15) is 5.52 Å². The summed E-state index contributed by atoms with van der Waals surface area (Å²) >= 11 is 0. The van der Waals surface area contributed by atoms with Crippen molar-refractivity contribution in [3.63, 3.8) is 0 Å². The maximum absolute atomic E-state index is 11.5. The van der Waals surface area contributed by atoms with E-state index in [1.807, 2.05) is 19.1 Å². The maximum Gasteiger partial charge on any atom is 0.362 e. The third kappa shape index (κ3) is 1.95. The molecule has 1 aromatic heterocycles. The smallest absolute Gasteiger partial charge is 0.362 e. The van der Waals surface area contributed by atoms with Gasteiger partial charge in [0.2, 0.25) is 0 Å². The summed E-state index contributed by atoms with van der Waals surface area (Å²) in [5.74, 6) is 0.0202. The highest BCUT2D eigenvalue weighted by atomic mass is 16.4. The zero-order valence-corrected chi connectivity index (χ0v) is 9.02. The molecule has 1 aromatic carbocycles. The van der Waals surface area contributed by atoms with Crippen molar-refractivity contribution in [3.8, 4) is 0 Å². The second-order valence-corrected chi connectivity index (χ2v) is 3.64. The molecule has 82 valence electrons. The fraction of sp³-hybridized carbons (Fsp3) is 0.167. The first-order valence-corrected chi connectivity index (χ1v) is 4.85. The van der Waals surface area contributed by atoms with Gasteiger partial charge >= 0.3 is 5.63 Å². The van der Waals surface area contributed by atoms with Crippen molar-refractivity contribution in [1.82, 2.24) is 4.98 Å². The topological polar surface area (TPSA) is 63.3 Å². The summed E-state index contributed by atoms with van der Waals surface area (Å²) in [6.07, 6.45) is 1.29. The Morgan fingerprint density at radius 1 is 1.50 bits per heavy atom. The predicted molar refractivity (Wildman–Crippen MR) is 61.3 cm³/mol. The molecule has 0 fully saturated rings. The molecule has 0 radical (unpaired) electrons. The molecule has 16 heavy (non-hydrogen) atoms. The lowest BCUT2D eigenvalue weighted by Crippen LogP contribution is -2.06. The number of hydrogen-bond donors (Lipinski definition) is 1. The summed E-state index contributed by atoms with van der Waals surface area (Å²) in [6, 6.07) is 5.38. The van der Waals surface area contributed by atoms with E-state index in [-0.39, 0.29) is 11.5 Å². The van der Waals surface area contributed by atoms with Crippen molar-refractivity contribution in [2.24, 2.45) is 0 Å². The van der Waals surface area contributed by atoms with Crippen LogP contribution >= 0.6 is 0 Å². The van der Waals surface area contributed by atoms with Crippen LogP contribution in [0.15, 0.2) is 33.2 Å². The van der Waals surface area contributed by atoms with Gasteiger partial charge in [-0.15, -0.1) is 0 Å². The van der Waals surface area contributed by atoms with Gasteiger partial charge in [0.25, 0.3) is 0 Å². The first-order valence-electron chi connectivity index (χ1n) is 4.85. The molecule has 0 bridgehead atoms. The highest BCUT2D eigenvalue weighted by molar-refractivity contribution is 5.73. The zero-order valence-electron chi connectivity index (χ0n) is 9.02. The van der Waals surface area contributed by atoms with Crippen molar-refractivity contribution in [1.29, 1.82) is 0 Å². The molecular weight excluding hydrogens is 206 g/mol. The van der Waals surface area contributed by atoms with Crippen LogP contribution in [-0.4, -0.2) is 10.1 Å². The number of nitrogens with zero attached hydrogens (tertiary/aromatic N) is 1. The maximum atomic E-state index is 11.5. The number of aliphatic hydroxyl groups is 1. The summed E-state index contributed by atoms with van der Waals surface area (Å²) in [6.45, 7) is 3.40. The monoisotopic (exact) mass is 217 g/mol. The normalized spacial score (nSPS) is 12.0. The summed E-state index contributed by atoms with van der Waals surface area (Å²) < 4.78 is 5.07. The van der Waals surface area contributed by atoms with Crippen LogP contribution in [0.4, 0.5) is 0 Å². The van der Waals surface area contributed by atoms with Crippen molar-refractivity contribution < 1.29 is 9.52 Å². The minimum Gasteiger partial charge on any atom is -0.513 e. The average molecular weight is 217 g/mol. The van der Waals surface area contributed by atoms with E-state index in [0.29, 0.717) is 11.1 Å². The Bertz CT molecular complexity index is 622. The molecule has 1 N–H and O–H groups in total. The summed E-state index contributed by atoms with van der Waals surface area (Å²) in [7, 11) is 0. The van der Waals surface area contributed by atoms with Gasteiger partial charge < -0.3 is 9.52 Å². The van der Waals surface area contributed by atoms with E-state index in [1.54, 1.807) is 6.07 Å². The molecule has 0 aliphatic carbocycles. The molecular formula is C12H11NO3. The fourth-order valence-electron chi connectivity index (χ4n) is 1.42. The van der Waals surface area contributed by atoms with E-state index in [4.69, 9.17) is 9.52 Å². The molecule has 4 nitrogen and oxygen atoms in total. The molecule has 4 heteroatoms. The number of aliphatic hydroxyl groups excluding tert-OH is 1. The van der Waals surface area contributed by atoms with Gasteiger partial charge in [-0.05, 0) is 31.5 Å². The van der Waals surface area contributed by atoms with Crippen LogP contribution in [0.25, 0.3) is 17.2 Å². The Morgan fingerprint density at radius 2 is 2.25 bits per heavy atom. The van der Waals surface area contributed by atoms with Gasteiger partial charge in [-0.3, -0.25) is 0 Å². The largest absolute Gasteiger partial charge is 0.513 e. The second-order valence-electron chi connectivity index (χ2n) is 3.64. The summed E-state index contributed by atoms with van der Waals surface area (Å²) in [4.78, 5) is 15.6. The van der Waals surface area contributed by atoms with Crippen LogP contribution in [0.2, 0.25) is 0 Å². The first kappa shape index (κ1) is 10.4. The predicted octanol–water partition coefficient (Wildman–Crippen LogP) is 2.42. The molecule has 0 unspecified atom stereocenters. The highest BCUT2D eigenvalue weighted by Crippen LogP contribution is 2.12. The van der Waals surface area contributed by atoms with Gasteiger partial charge in [0.15, 0.2) is 11.3 Å².